The minimum atomic E-state index is -4.67. The van der Waals surface area contributed by atoms with Crippen molar-refractivity contribution in [3.8, 4) is 17.0 Å². The number of hydrogen-bond donors (Lipinski definition) is 4. The van der Waals surface area contributed by atoms with Gasteiger partial charge in [-0.25, -0.2) is 14.8 Å². The van der Waals surface area contributed by atoms with Crippen LogP contribution in [0.3, 0.4) is 0 Å². The molecule has 1 aliphatic heterocycles. The summed E-state index contributed by atoms with van der Waals surface area (Å²) in [5.74, 6) is 0.332. The van der Waals surface area contributed by atoms with E-state index in [-0.39, 0.29) is 29.0 Å². The van der Waals surface area contributed by atoms with E-state index in [1.54, 1.807) is 6.07 Å². The molecule has 9 nitrogen and oxygen atoms in total. The molecule has 0 aliphatic carbocycles. The second-order valence-corrected chi connectivity index (χ2v) is 7.69. The van der Waals surface area contributed by atoms with E-state index < -0.39 is 17.8 Å². The van der Waals surface area contributed by atoms with Gasteiger partial charge in [0, 0.05) is 41.6 Å². The number of carbonyl (C=O) groups is 1. The molecule has 12 heteroatoms. The van der Waals surface area contributed by atoms with Crippen LogP contribution in [0.4, 0.5) is 29.6 Å². The van der Waals surface area contributed by atoms with Gasteiger partial charge >= 0.3 is 12.3 Å². The van der Waals surface area contributed by atoms with Crippen molar-refractivity contribution in [2.75, 3.05) is 31.4 Å². The summed E-state index contributed by atoms with van der Waals surface area (Å²) in [6.45, 7) is 2.54. The first-order valence-electron chi connectivity index (χ1n) is 10.4. The Hall–Kier alpha value is -3.96. The number of aromatic amines is 1. The van der Waals surface area contributed by atoms with Crippen LogP contribution < -0.4 is 20.7 Å². The summed E-state index contributed by atoms with van der Waals surface area (Å²) in [5, 5.41) is 9.24. The molecule has 180 valence electrons. The largest absolute Gasteiger partial charge is 0.492 e. The summed E-state index contributed by atoms with van der Waals surface area (Å²) in [5.41, 5.74) is 0.706. The van der Waals surface area contributed by atoms with Crippen LogP contribution in [-0.2, 0) is 10.9 Å². The number of H-pyrrole nitrogens is 1. The van der Waals surface area contributed by atoms with Crippen molar-refractivity contribution in [3.63, 3.8) is 0 Å². The topological polar surface area (TPSA) is 113 Å². The number of amides is 1. The summed E-state index contributed by atoms with van der Waals surface area (Å²) in [7, 11) is 2.60. The maximum atomic E-state index is 13.9. The average Bonchev–Trinajstić information content (AvgIpc) is 3.23. The van der Waals surface area contributed by atoms with E-state index in [4.69, 9.17) is 4.74 Å². The lowest BCUT2D eigenvalue weighted by molar-refractivity contribution is -0.137. The molecule has 0 radical (unpaired) electrons. The Balaban J connectivity index is 1.78. The number of methoxy groups -OCH3 is 2. The Morgan fingerprint density at radius 3 is 2.71 bits per heavy atom. The zero-order valence-electron chi connectivity index (χ0n) is 18.6. The van der Waals surface area contributed by atoms with Gasteiger partial charge in [-0.1, -0.05) is 6.08 Å². The standard InChI is InChI=1S/C22H23F3N6O3/c1-11-4-5-12(8-26-11)29-20-28-10-15(22(23,24)25)17(31-20)14-9-27-18-13(14)6-7-16(19(18)33-2)30-21(32)34-3/h4,6-7,9-10,12,26-27H,5,8H2,1-3H3,(H,30,32)(H,28,29,31). The van der Waals surface area contributed by atoms with Crippen LogP contribution in [0.5, 0.6) is 5.75 Å². The first kappa shape index (κ1) is 23.2. The van der Waals surface area contributed by atoms with Gasteiger partial charge in [0.25, 0.3) is 0 Å². The number of carbonyl (C=O) groups excluding carboxylic acids is 1. The van der Waals surface area contributed by atoms with E-state index in [0.717, 1.165) is 11.9 Å². The molecule has 1 atom stereocenters. The van der Waals surface area contributed by atoms with Gasteiger partial charge in [0.1, 0.15) is 5.56 Å². The maximum Gasteiger partial charge on any atom is 0.419 e. The van der Waals surface area contributed by atoms with Crippen molar-refractivity contribution in [1.29, 1.82) is 0 Å². The lowest BCUT2D eigenvalue weighted by Gasteiger charge is -2.23. The third kappa shape index (κ3) is 4.56. The van der Waals surface area contributed by atoms with Crippen molar-refractivity contribution >= 4 is 28.6 Å². The third-order valence-electron chi connectivity index (χ3n) is 5.45. The van der Waals surface area contributed by atoms with E-state index in [1.165, 1.54) is 26.5 Å². The van der Waals surface area contributed by atoms with Crippen LogP contribution in [0.2, 0.25) is 0 Å². The van der Waals surface area contributed by atoms with Gasteiger partial charge in [-0.2, -0.15) is 13.2 Å². The molecule has 0 saturated carbocycles. The summed E-state index contributed by atoms with van der Waals surface area (Å²) >= 11 is 0. The number of alkyl halides is 3. The number of nitrogens with one attached hydrogen (secondary N) is 4. The number of ether oxygens (including phenoxy) is 2. The number of allylic oxidation sites excluding steroid dienone is 1. The number of fused-ring (bicyclic) bond motifs is 1. The Labute approximate surface area is 192 Å². The van der Waals surface area contributed by atoms with Gasteiger partial charge in [0.15, 0.2) is 5.75 Å². The van der Waals surface area contributed by atoms with Crippen molar-refractivity contribution in [1.82, 2.24) is 20.3 Å². The molecule has 0 saturated heterocycles. The summed E-state index contributed by atoms with van der Waals surface area (Å²) in [6, 6.07) is 3.03. The number of rotatable bonds is 5. The molecule has 0 spiro atoms. The molecular weight excluding hydrogens is 453 g/mol. The number of benzene rings is 1. The molecule has 4 rings (SSSR count). The van der Waals surface area contributed by atoms with Crippen molar-refractivity contribution in [3.05, 3.63) is 41.9 Å². The highest BCUT2D eigenvalue weighted by atomic mass is 19.4. The molecule has 1 unspecified atom stereocenters. The average molecular weight is 476 g/mol. The third-order valence-corrected chi connectivity index (χ3v) is 5.45. The highest BCUT2D eigenvalue weighted by Gasteiger charge is 2.36. The number of aromatic nitrogens is 3. The summed E-state index contributed by atoms with van der Waals surface area (Å²) in [6.07, 6.45) is -0.481. The smallest absolute Gasteiger partial charge is 0.419 e. The lowest BCUT2D eigenvalue weighted by Crippen LogP contribution is -2.35. The van der Waals surface area contributed by atoms with E-state index in [0.29, 0.717) is 29.6 Å². The molecular formula is C22H23F3N6O3. The van der Waals surface area contributed by atoms with Gasteiger partial charge < -0.3 is 25.1 Å². The molecule has 3 aromatic rings. The van der Waals surface area contributed by atoms with Gasteiger partial charge in [0.2, 0.25) is 5.95 Å². The second kappa shape index (κ2) is 9.12. The summed E-state index contributed by atoms with van der Waals surface area (Å²) < 4.78 is 51.6. The minimum absolute atomic E-state index is 0.0664. The van der Waals surface area contributed by atoms with Crippen molar-refractivity contribution in [2.45, 2.75) is 25.6 Å². The first-order chi connectivity index (χ1) is 16.2. The fourth-order valence-electron chi connectivity index (χ4n) is 3.76. The van der Waals surface area contributed by atoms with E-state index in [1.807, 2.05) is 13.0 Å². The summed E-state index contributed by atoms with van der Waals surface area (Å²) in [4.78, 5) is 22.7. The van der Waals surface area contributed by atoms with Crippen molar-refractivity contribution in [2.24, 2.45) is 0 Å². The highest BCUT2D eigenvalue weighted by molar-refractivity contribution is 6.03. The van der Waals surface area contributed by atoms with Crippen LogP contribution in [0.15, 0.2) is 36.3 Å². The lowest BCUT2D eigenvalue weighted by atomic mass is 10.0. The molecule has 2 aromatic heterocycles. The maximum absolute atomic E-state index is 13.9. The Kier molecular flexibility index (Phi) is 6.22. The molecule has 0 fully saturated rings. The SMILES string of the molecule is COC(=O)Nc1ccc2c(-c3nc(NC4CC=C(C)NC4)ncc3C(F)(F)F)c[nH]c2c1OC. The Morgan fingerprint density at radius 1 is 1.26 bits per heavy atom. The predicted molar refractivity (Wildman–Crippen MR) is 121 cm³/mol. The molecule has 3 heterocycles. The molecule has 1 amide bonds. The number of nitrogens with zero attached hydrogens (tertiary/aromatic N) is 2. The predicted octanol–water partition coefficient (Wildman–Crippen LogP) is 4.51. The highest BCUT2D eigenvalue weighted by Crippen LogP contribution is 2.42. The fraction of sp³-hybridized carbons (Fsp3) is 0.318. The minimum Gasteiger partial charge on any atom is -0.492 e. The first-order valence-corrected chi connectivity index (χ1v) is 10.4. The van der Waals surface area contributed by atoms with Gasteiger partial charge in [-0.05, 0) is 25.5 Å². The normalized spacial score (nSPS) is 15.9. The molecule has 4 N–H and O–H groups in total. The van der Waals surface area contributed by atoms with Crippen LogP contribution in [-0.4, -0.2) is 47.9 Å². The van der Waals surface area contributed by atoms with Crippen LogP contribution in [0, 0.1) is 0 Å². The zero-order chi connectivity index (χ0) is 24.5. The Morgan fingerprint density at radius 2 is 2.06 bits per heavy atom. The number of halogens is 3. The van der Waals surface area contributed by atoms with Gasteiger partial charge in [-0.15, -0.1) is 0 Å². The van der Waals surface area contributed by atoms with Crippen LogP contribution in [0.25, 0.3) is 22.2 Å². The quantitative estimate of drug-likeness (QED) is 0.429. The molecule has 1 aromatic carbocycles. The van der Waals surface area contributed by atoms with Gasteiger partial charge in [0.05, 0.1) is 31.1 Å². The molecule has 0 bridgehead atoms. The van der Waals surface area contributed by atoms with Crippen LogP contribution in [0.1, 0.15) is 18.9 Å². The fourth-order valence-corrected chi connectivity index (χ4v) is 3.76. The van der Waals surface area contributed by atoms with Gasteiger partial charge in [-0.3, -0.25) is 5.32 Å². The second-order valence-electron chi connectivity index (χ2n) is 7.69. The van der Waals surface area contributed by atoms with E-state index in [9.17, 15) is 18.0 Å². The monoisotopic (exact) mass is 476 g/mol. The number of anilines is 2. The molecule has 1 aliphatic rings. The Bertz CT molecular complexity index is 1250. The van der Waals surface area contributed by atoms with Crippen LogP contribution >= 0.6 is 0 Å². The van der Waals surface area contributed by atoms with E-state index in [2.05, 4.69) is 35.6 Å². The van der Waals surface area contributed by atoms with E-state index >= 15 is 0 Å². The number of hydrogen-bond acceptors (Lipinski definition) is 7. The zero-order valence-corrected chi connectivity index (χ0v) is 18.6. The van der Waals surface area contributed by atoms with Crippen molar-refractivity contribution < 1.29 is 27.4 Å². The molecule has 34 heavy (non-hydrogen) atoms.